The summed E-state index contributed by atoms with van der Waals surface area (Å²) in [4.78, 5) is 10.7. The SMILES string of the molecule is Cc1ccc(C#CC2COC(=O)N2)cc1. The molecular formula is C12H11NO2. The van der Waals surface area contributed by atoms with Gasteiger partial charge in [0.2, 0.25) is 0 Å². The molecule has 3 nitrogen and oxygen atoms in total. The molecule has 1 saturated heterocycles. The molecule has 1 fully saturated rings. The van der Waals surface area contributed by atoms with Gasteiger partial charge in [0.1, 0.15) is 12.6 Å². The first kappa shape index (κ1) is 9.60. The smallest absolute Gasteiger partial charge is 0.408 e. The number of ether oxygens (including phenoxy) is 1. The minimum absolute atomic E-state index is 0.182. The van der Waals surface area contributed by atoms with Crippen molar-refractivity contribution in [2.45, 2.75) is 13.0 Å². The Morgan fingerprint density at radius 1 is 1.40 bits per heavy atom. The highest BCUT2D eigenvalue weighted by Crippen LogP contribution is 2.02. The van der Waals surface area contributed by atoms with Gasteiger partial charge in [0, 0.05) is 5.56 Å². The van der Waals surface area contributed by atoms with Crippen LogP contribution in [0, 0.1) is 18.8 Å². The van der Waals surface area contributed by atoms with Crippen LogP contribution in [0.25, 0.3) is 0 Å². The van der Waals surface area contributed by atoms with Gasteiger partial charge in [0.15, 0.2) is 0 Å². The van der Waals surface area contributed by atoms with E-state index in [9.17, 15) is 4.79 Å². The van der Waals surface area contributed by atoms with Crippen molar-refractivity contribution in [1.82, 2.24) is 5.32 Å². The second-order valence-electron chi connectivity index (χ2n) is 3.43. The highest BCUT2D eigenvalue weighted by Gasteiger charge is 2.19. The maximum Gasteiger partial charge on any atom is 0.408 e. The highest BCUT2D eigenvalue weighted by atomic mass is 16.6. The molecule has 1 unspecified atom stereocenters. The summed E-state index contributed by atoms with van der Waals surface area (Å²) >= 11 is 0. The van der Waals surface area contributed by atoms with Crippen LogP contribution < -0.4 is 5.32 Å². The Morgan fingerprint density at radius 2 is 2.13 bits per heavy atom. The largest absolute Gasteiger partial charge is 0.446 e. The molecule has 1 atom stereocenters. The van der Waals surface area contributed by atoms with Gasteiger partial charge in [0.05, 0.1) is 0 Å². The topological polar surface area (TPSA) is 38.3 Å². The molecule has 0 bridgehead atoms. The van der Waals surface area contributed by atoms with E-state index in [0.29, 0.717) is 6.61 Å². The van der Waals surface area contributed by atoms with Crippen molar-refractivity contribution in [2.24, 2.45) is 0 Å². The van der Waals surface area contributed by atoms with Crippen LogP contribution in [-0.2, 0) is 4.74 Å². The van der Waals surface area contributed by atoms with Crippen molar-refractivity contribution < 1.29 is 9.53 Å². The molecule has 1 aromatic rings. The zero-order valence-electron chi connectivity index (χ0n) is 8.41. The summed E-state index contributed by atoms with van der Waals surface area (Å²) in [6.45, 7) is 2.36. The number of amides is 1. The van der Waals surface area contributed by atoms with E-state index in [2.05, 4.69) is 17.2 Å². The van der Waals surface area contributed by atoms with E-state index in [1.54, 1.807) is 0 Å². The van der Waals surface area contributed by atoms with Gasteiger partial charge in [0.25, 0.3) is 0 Å². The Balaban J connectivity index is 2.05. The lowest BCUT2D eigenvalue weighted by molar-refractivity contribution is 0.177. The van der Waals surface area contributed by atoms with Crippen molar-refractivity contribution in [3.05, 3.63) is 35.4 Å². The molecule has 0 radical (unpaired) electrons. The first-order chi connectivity index (χ1) is 7.24. The minimum Gasteiger partial charge on any atom is -0.446 e. The molecule has 1 amide bonds. The number of nitrogens with one attached hydrogen (secondary N) is 1. The average molecular weight is 201 g/mol. The summed E-state index contributed by atoms with van der Waals surface area (Å²) < 4.78 is 4.72. The lowest BCUT2D eigenvalue weighted by atomic mass is 10.1. The molecule has 0 aromatic heterocycles. The molecule has 1 aliphatic rings. The third kappa shape index (κ3) is 2.50. The van der Waals surface area contributed by atoms with Gasteiger partial charge in [-0.25, -0.2) is 4.79 Å². The minimum atomic E-state index is -0.391. The van der Waals surface area contributed by atoms with Gasteiger partial charge in [-0.3, -0.25) is 0 Å². The van der Waals surface area contributed by atoms with Gasteiger partial charge in [-0.1, -0.05) is 29.5 Å². The van der Waals surface area contributed by atoms with E-state index in [0.717, 1.165) is 5.56 Å². The first-order valence-electron chi connectivity index (χ1n) is 4.75. The lowest BCUT2D eigenvalue weighted by Gasteiger charge is -1.95. The molecular weight excluding hydrogens is 190 g/mol. The van der Waals surface area contributed by atoms with Gasteiger partial charge < -0.3 is 10.1 Å². The molecule has 1 aromatic carbocycles. The molecule has 0 aliphatic carbocycles. The zero-order chi connectivity index (χ0) is 10.7. The molecule has 3 heteroatoms. The van der Waals surface area contributed by atoms with Gasteiger partial charge in [-0.15, -0.1) is 0 Å². The third-order valence-corrected chi connectivity index (χ3v) is 2.12. The fraction of sp³-hybridized carbons (Fsp3) is 0.250. The quantitative estimate of drug-likeness (QED) is 0.645. The van der Waals surface area contributed by atoms with Crippen LogP contribution in [0.4, 0.5) is 4.79 Å². The van der Waals surface area contributed by atoms with Crippen LogP contribution in [0.5, 0.6) is 0 Å². The van der Waals surface area contributed by atoms with Gasteiger partial charge in [-0.2, -0.15) is 0 Å². The Kier molecular flexibility index (Phi) is 2.59. The third-order valence-electron chi connectivity index (χ3n) is 2.12. The average Bonchev–Trinajstić information content (AvgIpc) is 2.64. The van der Waals surface area contributed by atoms with E-state index in [-0.39, 0.29) is 6.04 Å². The monoisotopic (exact) mass is 201 g/mol. The van der Waals surface area contributed by atoms with E-state index >= 15 is 0 Å². The standard InChI is InChI=1S/C12H11NO2/c1-9-2-4-10(5-3-9)6-7-11-8-15-12(14)13-11/h2-5,11H,8H2,1H3,(H,13,14). The maximum absolute atomic E-state index is 10.7. The predicted octanol–water partition coefficient (Wildman–Crippen LogP) is 1.45. The maximum atomic E-state index is 10.7. The Labute approximate surface area is 88.4 Å². The number of hydrogen-bond acceptors (Lipinski definition) is 2. The van der Waals surface area contributed by atoms with Crippen molar-refractivity contribution in [3.63, 3.8) is 0 Å². The number of benzene rings is 1. The number of carbonyl (C=O) groups excluding carboxylic acids is 1. The summed E-state index contributed by atoms with van der Waals surface area (Å²) in [7, 11) is 0. The molecule has 2 rings (SSSR count). The van der Waals surface area contributed by atoms with Crippen LogP contribution in [0.1, 0.15) is 11.1 Å². The Hall–Kier alpha value is -1.95. The number of carbonyl (C=O) groups is 1. The molecule has 15 heavy (non-hydrogen) atoms. The van der Waals surface area contributed by atoms with Crippen LogP contribution in [0.15, 0.2) is 24.3 Å². The highest BCUT2D eigenvalue weighted by molar-refractivity contribution is 5.70. The molecule has 1 N–H and O–H groups in total. The summed E-state index contributed by atoms with van der Waals surface area (Å²) in [5, 5.41) is 2.60. The second kappa shape index (κ2) is 4.05. The number of cyclic esters (lactones) is 1. The van der Waals surface area contributed by atoms with Crippen molar-refractivity contribution in [2.75, 3.05) is 6.61 Å². The second-order valence-corrected chi connectivity index (χ2v) is 3.43. The van der Waals surface area contributed by atoms with Crippen LogP contribution in [-0.4, -0.2) is 18.7 Å². The van der Waals surface area contributed by atoms with Crippen molar-refractivity contribution in [3.8, 4) is 11.8 Å². The fourth-order valence-electron chi connectivity index (χ4n) is 1.27. The molecule has 1 heterocycles. The van der Waals surface area contributed by atoms with E-state index in [1.807, 2.05) is 31.2 Å². The normalized spacial score (nSPS) is 18.7. The molecule has 0 spiro atoms. The Morgan fingerprint density at radius 3 is 2.73 bits per heavy atom. The number of rotatable bonds is 0. The fourth-order valence-corrected chi connectivity index (χ4v) is 1.27. The zero-order valence-corrected chi connectivity index (χ0v) is 8.41. The summed E-state index contributed by atoms with van der Waals surface area (Å²) in [5.41, 5.74) is 2.15. The number of hydrogen-bond donors (Lipinski definition) is 1. The predicted molar refractivity (Wildman–Crippen MR) is 56.3 cm³/mol. The van der Waals surface area contributed by atoms with E-state index in [4.69, 9.17) is 4.74 Å². The number of alkyl carbamates (subject to hydrolysis) is 1. The molecule has 0 saturated carbocycles. The van der Waals surface area contributed by atoms with Gasteiger partial charge in [-0.05, 0) is 19.1 Å². The number of aryl methyl sites for hydroxylation is 1. The van der Waals surface area contributed by atoms with Crippen molar-refractivity contribution >= 4 is 6.09 Å². The summed E-state index contributed by atoms with van der Waals surface area (Å²) in [6.07, 6.45) is -0.391. The van der Waals surface area contributed by atoms with Crippen LogP contribution in [0.2, 0.25) is 0 Å². The van der Waals surface area contributed by atoms with E-state index < -0.39 is 6.09 Å². The van der Waals surface area contributed by atoms with Crippen molar-refractivity contribution in [1.29, 1.82) is 0 Å². The molecule has 1 aliphatic heterocycles. The van der Waals surface area contributed by atoms with Crippen LogP contribution in [0.3, 0.4) is 0 Å². The van der Waals surface area contributed by atoms with Gasteiger partial charge >= 0.3 is 6.09 Å². The Bertz CT molecular complexity index is 425. The van der Waals surface area contributed by atoms with E-state index in [1.165, 1.54) is 5.56 Å². The lowest BCUT2D eigenvalue weighted by Crippen LogP contribution is -2.24. The summed E-state index contributed by atoms with van der Waals surface area (Å²) in [5.74, 6) is 5.93. The molecule has 76 valence electrons. The first-order valence-corrected chi connectivity index (χ1v) is 4.75. The van der Waals surface area contributed by atoms with Crippen LogP contribution >= 0.6 is 0 Å². The summed E-state index contributed by atoms with van der Waals surface area (Å²) in [6, 6.07) is 7.75.